The van der Waals surface area contributed by atoms with Gasteiger partial charge in [0.05, 0.1) is 13.2 Å². The summed E-state index contributed by atoms with van der Waals surface area (Å²) in [7, 11) is 1.88. The van der Waals surface area contributed by atoms with Gasteiger partial charge in [0.2, 0.25) is 0 Å². The van der Waals surface area contributed by atoms with Crippen molar-refractivity contribution in [1.29, 1.82) is 0 Å². The molecule has 0 radical (unpaired) electrons. The van der Waals surface area contributed by atoms with Crippen molar-refractivity contribution in [2.24, 2.45) is 4.99 Å². The fourth-order valence-electron chi connectivity index (χ4n) is 3.65. The molecule has 0 bridgehead atoms. The van der Waals surface area contributed by atoms with E-state index in [9.17, 15) is 0 Å². The molecule has 2 aliphatic rings. The van der Waals surface area contributed by atoms with Crippen LogP contribution in [0.3, 0.4) is 0 Å². The van der Waals surface area contributed by atoms with Crippen molar-refractivity contribution in [3.63, 3.8) is 0 Å². The number of halogens is 2. The minimum atomic E-state index is 0. The molecule has 0 aliphatic carbocycles. The molecule has 2 saturated heterocycles. The Balaban J connectivity index is 0.00000243. The Morgan fingerprint density at radius 3 is 2.65 bits per heavy atom. The van der Waals surface area contributed by atoms with Crippen molar-refractivity contribution in [2.45, 2.75) is 25.3 Å². The van der Waals surface area contributed by atoms with E-state index in [-0.39, 0.29) is 24.0 Å². The average molecular weight is 493 g/mol. The molecule has 0 spiro atoms. The molecule has 7 heteroatoms. The molecule has 1 unspecified atom stereocenters. The van der Waals surface area contributed by atoms with Gasteiger partial charge >= 0.3 is 0 Å². The maximum absolute atomic E-state index is 5.93. The molecule has 3 rings (SSSR count). The van der Waals surface area contributed by atoms with Gasteiger partial charge in [-0.05, 0) is 37.0 Å². The zero-order valence-electron chi connectivity index (χ0n) is 15.5. The number of morpholine rings is 1. The minimum Gasteiger partial charge on any atom is -0.379 e. The second kappa shape index (κ2) is 11.3. The number of hydrogen-bond donors (Lipinski definition) is 1. The number of rotatable bonds is 5. The lowest BCUT2D eigenvalue weighted by molar-refractivity contribution is 0.0195. The fourth-order valence-corrected chi connectivity index (χ4v) is 3.78. The van der Waals surface area contributed by atoms with E-state index in [1.54, 1.807) is 0 Å². The Morgan fingerprint density at radius 2 is 1.96 bits per heavy atom. The van der Waals surface area contributed by atoms with Gasteiger partial charge in [-0.3, -0.25) is 9.89 Å². The van der Waals surface area contributed by atoms with E-state index in [1.165, 1.54) is 12.0 Å². The summed E-state index contributed by atoms with van der Waals surface area (Å²) in [5.41, 5.74) is 1.33. The van der Waals surface area contributed by atoms with Gasteiger partial charge in [0.25, 0.3) is 0 Å². The summed E-state index contributed by atoms with van der Waals surface area (Å²) in [5, 5.41) is 4.32. The van der Waals surface area contributed by atoms with Crippen LogP contribution in [0.15, 0.2) is 29.3 Å². The SMILES string of the molecule is CN=C(NCCCc1ccc(Cl)cc1)N1CCC(N2CCOCC2)C1.I. The number of ether oxygens (including phenoxy) is 1. The summed E-state index contributed by atoms with van der Waals surface area (Å²) < 4.78 is 5.46. The van der Waals surface area contributed by atoms with Gasteiger partial charge in [-0.25, -0.2) is 0 Å². The van der Waals surface area contributed by atoms with Gasteiger partial charge in [0.1, 0.15) is 0 Å². The Bertz CT molecular complexity index is 563. The topological polar surface area (TPSA) is 40.1 Å². The van der Waals surface area contributed by atoms with Crippen LogP contribution >= 0.6 is 35.6 Å². The predicted molar refractivity (Wildman–Crippen MR) is 119 cm³/mol. The molecule has 0 aromatic heterocycles. The van der Waals surface area contributed by atoms with Crippen LogP contribution < -0.4 is 5.32 Å². The van der Waals surface area contributed by atoms with E-state index in [4.69, 9.17) is 16.3 Å². The van der Waals surface area contributed by atoms with Crippen LogP contribution in [0.5, 0.6) is 0 Å². The average Bonchev–Trinajstić information content (AvgIpc) is 3.14. The molecular weight excluding hydrogens is 463 g/mol. The Hall–Kier alpha value is -0.570. The molecule has 2 aliphatic heterocycles. The second-order valence-corrected chi connectivity index (χ2v) is 7.18. The summed E-state index contributed by atoms with van der Waals surface area (Å²) in [5.74, 6) is 1.03. The predicted octanol–water partition coefficient (Wildman–Crippen LogP) is 2.87. The highest BCUT2D eigenvalue weighted by atomic mass is 127. The Kier molecular flexibility index (Phi) is 9.45. The molecule has 1 N–H and O–H groups in total. The smallest absolute Gasteiger partial charge is 0.193 e. The highest BCUT2D eigenvalue weighted by Crippen LogP contribution is 2.17. The quantitative estimate of drug-likeness (QED) is 0.297. The van der Waals surface area contributed by atoms with E-state index in [0.717, 1.165) is 69.8 Å². The van der Waals surface area contributed by atoms with Crippen LogP contribution in [-0.4, -0.2) is 74.8 Å². The number of nitrogens with zero attached hydrogens (tertiary/aromatic N) is 3. The Labute approximate surface area is 179 Å². The highest BCUT2D eigenvalue weighted by Gasteiger charge is 2.30. The minimum absolute atomic E-state index is 0. The van der Waals surface area contributed by atoms with Crippen molar-refractivity contribution in [3.8, 4) is 0 Å². The molecule has 146 valence electrons. The largest absolute Gasteiger partial charge is 0.379 e. The van der Waals surface area contributed by atoms with Gasteiger partial charge < -0.3 is 15.0 Å². The summed E-state index contributed by atoms with van der Waals surface area (Å²) >= 11 is 5.93. The van der Waals surface area contributed by atoms with Crippen LogP contribution in [-0.2, 0) is 11.2 Å². The maximum Gasteiger partial charge on any atom is 0.193 e. The van der Waals surface area contributed by atoms with Crippen LogP contribution in [0.2, 0.25) is 5.02 Å². The summed E-state index contributed by atoms with van der Waals surface area (Å²) in [6.45, 7) is 6.95. The molecular formula is C19H30ClIN4O. The van der Waals surface area contributed by atoms with Crippen LogP contribution in [0.4, 0.5) is 0 Å². The normalized spacial score (nSPS) is 21.5. The molecule has 1 aromatic rings. The van der Waals surface area contributed by atoms with E-state index in [1.807, 2.05) is 19.2 Å². The standard InChI is InChI=1S/C19H29ClN4O.HI/c1-21-19(22-9-2-3-16-4-6-17(20)7-5-16)24-10-8-18(15-24)23-11-13-25-14-12-23;/h4-7,18H,2-3,8-15H2,1H3,(H,21,22);1H. The number of guanidine groups is 1. The summed E-state index contributed by atoms with van der Waals surface area (Å²) in [6.07, 6.45) is 3.35. The number of nitrogens with one attached hydrogen (secondary N) is 1. The molecule has 1 aromatic carbocycles. The van der Waals surface area contributed by atoms with Crippen molar-refractivity contribution < 1.29 is 4.74 Å². The first-order valence-corrected chi connectivity index (χ1v) is 9.66. The maximum atomic E-state index is 5.93. The van der Waals surface area contributed by atoms with Gasteiger partial charge in [0, 0.05) is 50.8 Å². The molecule has 26 heavy (non-hydrogen) atoms. The van der Waals surface area contributed by atoms with E-state index in [2.05, 4.69) is 32.2 Å². The third kappa shape index (κ3) is 6.25. The molecule has 0 saturated carbocycles. The van der Waals surface area contributed by atoms with Gasteiger partial charge in [-0.15, -0.1) is 24.0 Å². The van der Waals surface area contributed by atoms with Crippen LogP contribution in [0.25, 0.3) is 0 Å². The van der Waals surface area contributed by atoms with Gasteiger partial charge in [-0.1, -0.05) is 23.7 Å². The van der Waals surface area contributed by atoms with Crippen molar-refractivity contribution in [2.75, 3.05) is 53.0 Å². The number of aliphatic imine (C=N–C) groups is 1. The summed E-state index contributed by atoms with van der Waals surface area (Å²) in [6, 6.07) is 8.75. The highest BCUT2D eigenvalue weighted by molar-refractivity contribution is 14.0. The van der Waals surface area contributed by atoms with Gasteiger partial charge in [0.15, 0.2) is 5.96 Å². The molecule has 0 amide bonds. The zero-order valence-corrected chi connectivity index (χ0v) is 18.6. The molecule has 5 nitrogen and oxygen atoms in total. The van der Waals surface area contributed by atoms with Crippen LogP contribution in [0, 0.1) is 0 Å². The number of benzene rings is 1. The number of likely N-dealkylation sites (tertiary alicyclic amines) is 1. The van der Waals surface area contributed by atoms with Crippen LogP contribution in [0.1, 0.15) is 18.4 Å². The molecule has 2 fully saturated rings. The van der Waals surface area contributed by atoms with E-state index >= 15 is 0 Å². The third-order valence-electron chi connectivity index (χ3n) is 5.08. The van der Waals surface area contributed by atoms with Crippen molar-refractivity contribution >= 4 is 41.5 Å². The second-order valence-electron chi connectivity index (χ2n) is 6.74. The lowest BCUT2D eigenvalue weighted by atomic mass is 10.1. The van der Waals surface area contributed by atoms with Crippen molar-refractivity contribution in [3.05, 3.63) is 34.9 Å². The van der Waals surface area contributed by atoms with E-state index < -0.39 is 0 Å². The van der Waals surface area contributed by atoms with E-state index in [0.29, 0.717) is 6.04 Å². The molecule has 2 heterocycles. The number of aryl methyl sites for hydroxylation is 1. The zero-order chi connectivity index (χ0) is 17.5. The lowest BCUT2D eigenvalue weighted by Crippen LogP contribution is -2.46. The summed E-state index contributed by atoms with van der Waals surface area (Å²) in [4.78, 5) is 9.43. The van der Waals surface area contributed by atoms with Gasteiger partial charge in [-0.2, -0.15) is 0 Å². The third-order valence-corrected chi connectivity index (χ3v) is 5.33. The Morgan fingerprint density at radius 1 is 1.23 bits per heavy atom. The first kappa shape index (κ1) is 21.7. The molecule has 1 atom stereocenters. The number of hydrogen-bond acceptors (Lipinski definition) is 3. The monoisotopic (exact) mass is 492 g/mol. The fraction of sp³-hybridized carbons (Fsp3) is 0.632. The first-order valence-electron chi connectivity index (χ1n) is 9.28. The van der Waals surface area contributed by atoms with Crippen molar-refractivity contribution in [1.82, 2.24) is 15.1 Å². The first-order chi connectivity index (χ1) is 12.3. The lowest BCUT2D eigenvalue weighted by Gasteiger charge is -2.32.